The molecule has 0 spiro atoms. The Labute approximate surface area is 161 Å². The molecule has 2 aromatic carbocycles. The van der Waals surface area contributed by atoms with E-state index in [9.17, 15) is 4.79 Å². The third-order valence-corrected chi connectivity index (χ3v) is 5.35. The van der Waals surface area contributed by atoms with Crippen molar-refractivity contribution in [1.82, 2.24) is 4.90 Å². The van der Waals surface area contributed by atoms with Gasteiger partial charge < -0.3 is 9.80 Å². The van der Waals surface area contributed by atoms with Crippen LogP contribution in [-0.2, 0) is 11.3 Å². The molecule has 1 amide bonds. The maximum Gasteiger partial charge on any atom is 0.226 e. The highest BCUT2D eigenvalue weighted by atomic mass is 35.5. The molecule has 1 heterocycles. The molecule has 138 valence electrons. The number of benzene rings is 2. The lowest BCUT2D eigenvalue weighted by Crippen LogP contribution is -2.44. The van der Waals surface area contributed by atoms with Crippen LogP contribution in [0, 0.1) is 5.92 Å². The Morgan fingerprint density at radius 1 is 1.12 bits per heavy atom. The normalized spacial score (nSPS) is 15.3. The van der Waals surface area contributed by atoms with Gasteiger partial charge in [-0.3, -0.25) is 4.79 Å². The van der Waals surface area contributed by atoms with E-state index in [1.54, 1.807) is 0 Å². The van der Waals surface area contributed by atoms with Crippen LogP contribution in [0.25, 0.3) is 0 Å². The molecule has 1 fully saturated rings. The molecule has 4 heteroatoms. The summed E-state index contributed by atoms with van der Waals surface area (Å²) in [5, 5.41) is 0.759. The lowest BCUT2D eigenvalue weighted by molar-refractivity contribution is -0.138. The maximum atomic E-state index is 13.1. The number of amides is 1. The summed E-state index contributed by atoms with van der Waals surface area (Å²) in [5.74, 6) is 0.395. The smallest absolute Gasteiger partial charge is 0.226 e. The Balaban J connectivity index is 1.62. The second-order valence-electron chi connectivity index (χ2n) is 7.29. The van der Waals surface area contributed by atoms with E-state index < -0.39 is 0 Å². The number of piperidine rings is 1. The molecule has 26 heavy (non-hydrogen) atoms. The summed E-state index contributed by atoms with van der Waals surface area (Å²) in [6, 6.07) is 18.4. The molecule has 0 N–H and O–H groups in total. The number of carbonyl (C=O) groups is 1. The number of halogens is 1. The van der Waals surface area contributed by atoms with Crippen molar-refractivity contribution in [2.24, 2.45) is 5.92 Å². The molecule has 0 aliphatic carbocycles. The van der Waals surface area contributed by atoms with Crippen LogP contribution in [0.1, 0.15) is 32.3 Å². The molecule has 1 aliphatic heterocycles. The Bertz CT molecular complexity index is 724. The van der Waals surface area contributed by atoms with Crippen LogP contribution in [0.2, 0.25) is 5.02 Å². The van der Waals surface area contributed by atoms with Crippen molar-refractivity contribution in [3.8, 4) is 0 Å². The quantitative estimate of drug-likeness (QED) is 0.739. The topological polar surface area (TPSA) is 23.6 Å². The number of rotatable bonds is 5. The van der Waals surface area contributed by atoms with Gasteiger partial charge in [-0.25, -0.2) is 0 Å². The molecule has 0 radical (unpaired) electrons. The first-order chi connectivity index (χ1) is 12.5. The molecule has 1 saturated heterocycles. The largest absolute Gasteiger partial charge is 0.371 e. The van der Waals surface area contributed by atoms with Gasteiger partial charge in [0.2, 0.25) is 5.91 Å². The standard InChI is InChI=1S/C22H27ClN2O/c1-17(2)25(16-18-7-4-3-5-8-18)22(26)19-11-13-24(14-12-19)21-10-6-9-20(23)15-21/h3-10,15,17,19H,11-14,16H2,1-2H3. The average molecular weight is 371 g/mol. The molecule has 0 aromatic heterocycles. The van der Waals surface area contributed by atoms with E-state index in [-0.39, 0.29) is 17.9 Å². The van der Waals surface area contributed by atoms with Gasteiger partial charge in [0.15, 0.2) is 0 Å². The molecular weight excluding hydrogens is 344 g/mol. The molecule has 0 atom stereocenters. The highest BCUT2D eigenvalue weighted by molar-refractivity contribution is 6.30. The van der Waals surface area contributed by atoms with Crippen LogP contribution in [0.4, 0.5) is 5.69 Å². The number of hydrogen-bond acceptors (Lipinski definition) is 2. The Morgan fingerprint density at radius 3 is 2.42 bits per heavy atom. The first kappa shape index (κ1) is 18.8. The number of nitrogens with zero attached hydrogens (tertiary/aromatic N) is 2. The molecule has 0 unspecified atom stereocenters. The highest BCUT2D eigenvalue weighted by Crippen LogP contribution is 2.27. The van der Waals surface area contributed by atoms with Crippen molar-refractivity contribution in [3.05, 3.63) is 65.2 Å². The van der Waals surface area contributed by atoms with Gasteiger partial charge in [0.25, 0.3) is 0 Å². The zero-order valence-corrected chi connectivity index (χ0v) is 16.3. The van der Waals surface area contributed by atoms with E-state index >= 15 is 0 Å². The van der Waals surface area contributed by atoms with E-state index in [4.69, 9.17) is 11.6 Å². The third kappa shape index (κ3) is 4.59. The van der Waals surface area contributed by atoms with Crippen molar-refractivity contribution >= 4 is 23.2 Å². The Morgan fingerprint density at radius 2 is 1.81 bits per heavy atom. The van der Waals surface area contributed by atoms with Crippen LogP contribution in [-0.4, -0.2) is 29.9 Å². The second-order valence-corrected chi connectivity index (χ2v) is 7.72. The summed E-state index contributed by atoms with van der Waals surface area (Å²) in [4.78, 5) is 17.5. The van der Waals surface area contributed by atoms with E-state index in [1.807, 2.05) is 41.3 Å². The van der Waals surface area contributed by atoms with Gasteiger partial charge in [0.1, 0.15) is 0 Å². The van der Waals surface area contributed by atoms with Crippen molar-refractivity contribution in [2.75, 3.05) is 18.0 Å². The van der Waals surface area contributed by atoms with Crippen LogP contribution < -0.4 is 4.90 Å². The summed E-state index contributed by atoms with van der Waals surface area (Å²) in [6.07, 6.45) is 1.78. The number of carbonyl (C=O) groups excluding carboxylic acids is 1. The number of anilines is 1. The van der Waals surface area contributed by atoms with Crippen LogP contribution in [0.15, 0.2) is 54.6 Å². The molecule has 2 aromatic rings. The van der Waals surface area contributed by atoms with Crippen LogP contribution >= 0.6 is 11.6 Å². The Kier molecular flexibility index (Phi) is 6.20. The van der Waals surface area contributed by atoms with Gasteiger partial charge in [0.05, 0.1) is 0 Å². The minimum absolute atomic E-state index is 0.108. The fourth-order valence-corrected chi connectivity index (χ4v) is 3.77. The van der Waals surface area contributed by atoms with Gasteiger partial charge >= 0.3 is 0 Å². The SMILES string of the molecule is CC(C)N(Cc1ccccc1)C(=O)C1CCN(c2cccc(Cl)c2)CC1. The van der Waals surface area contributed by atoms with Gasteiger partial charge in [-0.1, -0.05) is 48.0 Å². The summed E-state index contributed by atoms with van der Waals surface area (Å²) in [6.45, 7) is 6.68. The molecule has 1 aliphatic rings. The van der Waals surface area contributed by atoms with Gasteiger partial charge in [0, 0.05) is 42.3 Å². The first-order valence-corrected chi connectivity index (χ1v) is 9.77. The van der Waals surface area contributed by atoms with E-state index in [0.29, 0.717) is 6.54 Å². The first-order valence-electron chi connectivity index (χ1n) is 9.39. The van der Waals surface area contributed by atoms with Gasteiger partial charge in [-0.05, 0) is 50.5 Å². The van der Waals surface area contributed by atoms with Crippen molar-refractivity contribution < 1.29 is 4.79 Å². The van der Waals surface area contributed by atoms with Gasteiger partial charge in [-0.15, -0.1) is 0 Å². The van der Waals surface area contributed by atoms with Gasteiger partial charge in [-0.2, -0.15) is 0 Å². The summed E-state index contributed by atoms with van der Waals surface area (Å²) in [7, 11) is 0. The summed E-state index contributed by atoms with van der Waals surface area (Å²) < 4.78 is 0. The van der Waals surface area contributed by atoms with Crippen molar-refractivity contribution in [1.29, 1.82) is 0 Å². The summed E-state index contributed by atoms with van der Waals surface area (Å²) in [5.41, 5.74) is 2.33. The number of hydrogen-bond donors (Lipinski definition) is 0. The van der Waals surface area contributed by atoms with E-state index in [1.165, 1.54) is 5.56 Å². The van der Waals surface area contributed by atoms with E-state index in [2.05, 4.69) is 36.9 Å². The average Bonchev–Trinajstić information content (AvgIpc) is 2.66. The minimum Gasteiger partial charge on any atom is -0.371 e. The minimum atomic E-state index is 0.108. The Hall–Kier alpha value is -2.00. The molecule has 3 rings (SSSR count). The lowest BCUT2D eigenvalue weighted by atomic mass is 9.94. The van der Waals surface area contributed by atoms with Crippen molar-refractivity contribution in [2.45, 2.75) is 39.3 Å². The zero-order chi connectivity index (χ0) is 18.5. The molecular formula is C22H27ClN2O. The molecule has 3 nitrogen and oxygen atoms in total. The second kappa shape index (κ2) is 8.59. The van der Waals surface area contributed by atoms with Crippen LogP contribution in [0.5, 0.6) is 0 Å². The monoisotopic (exact) mass is 370 g/mol. The fraction of sp³-hybridized carbons (Fsp3) is 0.409. The van der Waals surface area contributed by atoms with Crippen molar-refractivity contribution in [3.63, 3.8) is 0 Å². The highest BCUT2D eigenvalue weighted by Gasteiger charge is 2.30. The lowest BCUT2D eigenvalue weighted by Gasteiger charge is -2.37. The van der Waals surface area contributed by atoms with Crippen LogP contribution in [0.3, 0.4) is 0 Å². The predicted molar refractivity (Wildman–Crippen MR) is 109 cm³/mol. The maximum absolute atomic E-state index is 13.1. The molecule has 0 saturated carbocycles. The van der Waals surface area contributed by atoms with E-state index in [0.717, 1.165) is 36.6 Å². The summed E-state index contributed by atoms with van der Waals surface area (Å²) >= 11 is 6.11. The molecule has 0 bridgehead atoms. The third-order valence-electron chi connectivity index (χ3n) is 5.12. The zero-order valence-electron chi connectivity index (χ0n) is 15.6. The predicted octanol–water partition coefficient (Wildman–Crippen LogP) is 4.99. The fourth-order valence-electron chi connectivity index (χ4n) is 3.59.